The zero-order valence-electron chi connectivity index (χ0n) is 9.94. The van der Waals surface area contributed by atoms with Crippen LogP contribution in [0.3, 0.4) is 0 Å². The fourth-order valence-electron chi connectivity index (χ4n) is 1.47. The molecule has 2 rings (SSSR count). The highest BCUT2D eigenvalue weighted by molar-refractivity contribution is 6.03. The minimum atomic E-state index is -0.748. The van der Waals surface area contributed by atoms with Gasteiger partial charge < -0.3 is 10.1 Å². The van der Waals surface area contributed by atoms with Gasteiger partial charge in [-0.05, 0) is 18.2 Å². The van der Waals surface area contributed by atoms with Crippen molar-refractivity contribution in [2.24, 2.45) is 0 Å². The molecule has 1 aromatic heterocycles. The van der Waals surface area contributed by atoms with Gasteiger partial charge in [0.05, 0.1) is 18.9 Å². The second kappa shape index (κ2) is 5.30. The van der Waals surface area contributed by atoms with Gasteiger partial charge in [-0.2, -0.15) is 5.10 Å². The Balaban J connectivity index is 2.18. The largest absolute Gasteiger partial charge is 0.465 e. The second-order valence-electron chi connectivity index (χ2n) is 3.62. The first kappa shape index (κ1) is 12.7. The predicted octanol–water partition coefficient (Wildman–Crippen LogP) is 1.59. The standard InChI is InChI=1S/C12H10FN3O3/c1-19-12(18)7-3-2-4-8(5-7)15-11(17)10-9(13)6-14-16-10/h2-6H,1H3,(H,14,16)(H,15,17). The smallest absolute Gasteiger partial charge is 0.337 e. The van der Waals surface area contributed by atoms with Crippen molar-refractivity contribution >= 4 is 17.6 Å². The Bertz CT molecular complexity index is 624. The quantitative estimate of drug-likeness (QED) is 0.823. The number of H-pyrrole nitrogens is 1. The molecule has 0 radical (unpaired) electrons. The number of benzene rings is 1. The summed E-state index contributed by atoms with van der Waals surface area (Å²) in [6.07, 6.45) is 0.903. The highest BCUT2D eigenvalue weighted by Crippen LogP contribution is 2.13. The fraction of sp³-hybridized carbons (Fsp3) is 0.0833. The lowest BCUT2D eigenvalue weighted by Crippen LogP contribution is -2.14. The summed E-state index contributed by atoms with van der Waals surface area (Å²) in [7, 11) is 1.26. The molecule has 19 heavy (non-hydrogen) atoms. The zero-order chi connectivity index (χ0) is 13.8. The summed E-state index contributed by atoms with van der Waals surface area (Å²) in [6.45, 7) is 0. The van der Waals surface area contributed by atoms with Crippen LogP contribution in [0.5, 0.6) is 0 Å². The molecule has 0 aliphatic heterocycles. The van der Waals surface area contributed by atoms with E-state index in [4.69, 9.17) is 0 Å². The monoisotopic (exact) mass is 263 g/mol. The summed E-state index contributed by atoms with van der Waals surface area (Å²) in [6, 6.07) is 6.11. The van der Waals surface area contributed by atoms with Crippen LogP contribution in [0, 0.1) is 5.82 Å². The molecular formula is C12H10FN3O3. The lowest BCUT2D eigenvalue weighted by molar-refractivity contribution is 0.0600. The summed E-state index contributed by atoms with van der Waals surface area (Å²) >= 11 is 0. The van der Waals surface area contributed by atoms with Crippen LogP contribution in [-0.2, 0) is 4.74 Å². The Labute approximate surface area is 107 Å². The molecule has 1 amide bonds. The highest BCUT2D eigenvalue weighted by atomic mass is 19.1. The molecule has 0 spiro atoms. The topological polar surface area (TPSA) is 84.1 Å². The number of hydrogen-bond acceptors (Lipinski definition) is 4. The highest BCUT2D eigenvalue weighted by Gasteiger charge is 2.14. The van der Waals surface area contributed by atoms with Gasteiger partial charge in [0.25, 0.3) is 5.91 Å². The van der Waals surface area contributed by atoms with Crippen LogP contribution >= 0.6 is 0 Å². The molecule has 0 aliphatic carbocycles. The Morgan fingerprint density at radius 1 is 1.42 bits per heavy atom. The van der Waals surface area contributed by atoms with E-state index in [1.54, 1.807) is 12.1 Å². The van der Waals surface area contributed by atoms with E-state index in [9.17, 15) is 14.0 Å². The van der Waals surface area contributed by atoms with Gasteiger partial charge in [-0.15, -0.1) is 0 Å². The Kier molecular flexibility index (Phi) is 3.56. The number of nitrogens with one attached hydrogen (secondary N) is 2. The molecule has 1 aromatic carbocycles. The molecule has 0 aliphatic rings. The minimum Gasteiger partial charge on any atom is -0.465 e. The Morgan fingerprint density at radius 3 is 2.84 bits per heavy atom. The number of nitrogens with zero attached hydrogens (tertiary/aromatic N) is 1. The molecule has 0 bridgehead atoms. The molecule has 7 heteroatoms. The van der Waals surface area contributed by atoms with Gasteiger partial charge in [-0.3, -0.25) is 9.89 Å². The van der Waals surface area contributed by atoms with Crippen LogP contribution < -0.4 is 5.32 Å². The summed E-state index contributed by atoms with van der Waals surface area (Å²) in [4.78, 5) is 23.0. The summed E-state index contributed by atoms with van der Waals surface area (Å²) in [5.41, 5.74) is 0.357. The van der Waals surface area contributed by atoms with E-state index < -0.39 is 17.7 Å². The number of anilines is 1. The molecule has 2 aromatic rings. The van der Waals surface area contributed by atoms with Crippen molar-refractivity contribution in [3.8, 4) is 0 Å². The van der Waals surface area contributed by atoms with Crippen LogP contribution in [0.2, 0.25) is 0 Å². The molecule has 0 saturated heterocycles. The van der Waals surface area contributed by atoms with Gasteiger partial charge in [0.1, 0.15) is 0 Å². The van der Waals surface area contributed by atoms with E-state index in [0.29, 0.717) is 5.69 Å². The molecule has 6 nitrogen and oxygen atoms in total. The minimum absolute atomic E-state index is 0.275. The van der Waals surface area contributed by atoms with E-state index in [0.717, 1.165) is 6.20 Å². The third kappa shape index (κ3) is 2.76. The summed E-state index contributed by atoms with van der Waals surface area (Å²) < 4.78 is 17.7. The fourth-order valence-corrected chi connectivity index (χ4v) is 1.47. The van der Waals surface area contributed by atoms with Crippen molar-refractivity contribution < 1.29 is 18.7 Å². The number of carbonyl (C=O) groups is 2. The van der Waals surface area contributed by atoms with Crippen LogP contribution in [0.4, 0.5) is 10.1 Å². The van der Waals surface area contributed by atoms with Gasteiger partial charge in [-0.25, -0.2) is 9.18 Å². The van der Waals surface area contributed by atoms with Crippen molar-refractivity contribution in [2.75, 3.05) is 12.4 Å². The number of aromatic nitrogens is 2. The van der Waals surface area contributed by atoms with Gasteiger partial charge in [0, 0.05) is 5.69 Å². The normalized spacial score (nSPS) is 10.0. The maximum atomic E-state index is 13.1. The van der Waals surface area contributed by atoms with E-state index >= 15 is 0 Å². The van der Waals surface area contributed by atoms with Gasteiger partial charge in [0.2, 0.25) is 0 Å². The van der Waals surface area contributed by atoms with Crippen LogP contribution in [0.25, 0.3) is 0 Å². The Morgan fingerprint density at radius 2 is 2.21 bits per heavy atom. The van der Waals surface area contributed by atoms with Crippen molar-refractivity contribution in [3.05, 3.63) is 47.5 Å². The number of amides is 1. The third-order valence-electron chi connectivity index (χ3n) is 2.36. The van der Waals surface area contributed by atoms with E-state index in [1.165, 1.54) is 19.2 Å². The molecule has 2 N–H and O–H groups in total. The van der Waals surface area contributed by atoms with Crippen LogP contribution in [0.15, 0.2) is 30.5 Å². The van der Waals surface area contributed by atoms with Gasteiger partial charge in [0.15, 0.2) is 11.5 Å². The average Bonchev–Trinajstić information content (AvgIpc) is 2.84. The van der Waals surface area contributed by atoms with E-state index in [-0.39, 0.29) is 11.3 Å². The van der Waals surface area contributed by atoms with Crippen LogP contribution in [0.1, 0.15) is 20.8 Å². The molecule has 1 heterocycles. The van der Waals surface area contributed by atoms with Crippen molar-refractivity contribution in [1.82, 2.24) is 10.2 Å². The third-order valence-corrected chi connectivity index (χ3v) is 2.36. The van der Waals surface area contributed by atoms with Crippen LogP contribution in [-0.4, -0.2) is 29.2 Å². The number of halogens is 1. The molecule has 0 fully saturated rings. The first-order chi connectivity index (χ1) is 9.11. The van der Waals surface area contributed by atoms with Crippen molar-refractivity contribution in [1.29, 1.82) is 0 Å². The summed E-state index contributed by atoms with van der Waals surface area (Å²) in [5, 5.41) is 8.10. The molecule has 0 atom stereocenters. The second-order valence-corrected chi connectivity index (χ2v) is 3.62. The zero-order valence-corrected chi connectivity index (χ0v) is 9.94. The van der Waals surface area contributed by atoms with Gasteiger partial charge >= 0.3 is 5.97 Å². The maximum absolute atomic E-state index is 13.1. The number of methoxy groups -OCH3 is 1. The lowest BCUT2D eigenvalue weighted by atomic mass is 10.2. The first-order valence-corrected chi connectivity index (χ1v) is 5.30. The number of ether oxygens (including phenoxy) is 1. The number of rotatable bonds is 3. The molecule has 98 valence electrons. The predicted molar refractivity (Wildman–Crippen MR) is 64.3 cm³/mol. The lowest BCUT2D eigenvalue weighted by Gasteiger charge is -2.05. The summed E-state index contributed by atoms with van der Waals surface area (Å²) in [5.74, 6) is -1.96. The van der Waals surface area contributed by atoms with E-state index in [1.807, 2.05) is 0 Å². The van der Waals surface area contributed by atoms with Crippen molar-refractivity contribution in [3.63, 3.8) is 0 Å². The first-order valence-electron chi connectivity index (χ1n) is 5.30. The Hall–Kier alpha value is -2.70. The number of esters is 1. The van der Waals surface area contributed by atoms with Crippen molar-refractivity contribution in [2.45, 2.75) is 0 Å². The molecular weight excluding hydrogens is 253 g/mol. The SMILES string of the molecule is COC(=O)c1cccc(NC(=O)c2[nH]ncc2F)c1. The number of hydrogen-bond donors (Lipinski definition) is 2. The molecule has 0 saturated carbocycles. The molecule has 0 unspecified atom stereocenters. The van der Waals surface area contributed by atoms with E-state index in [2.05, 4.69) is 20.3 Å². The maximum Gasteiger partial charge on any atom is 0.337 e. The van der Waals surface area contributed by atoms with Gasteiger partial charge in [-0.1, -0.05) is 6.07 Å². The average molecular weight is 263 g/mol. The number of carbonyl (C=O) groups excluding carboxylic acids is 2. The number of aromatic amines is 1.